The third-order valence-corrected chi connectivity index (χ3v) is 4.82. The number of aromatic nitrogens is 5. The second kappa shape index (κ2) is 8.78. The predicted molar refractivity (Wildman–Crippen MR) is 117 cm³/mol. The lowest BCUT2D eigenvalue weighted by Gasteiger charge is -2.10. The molecule has 0 unspecified atom stereocenters. The number of carbonyl (C=O) groups excluding carboxylic acids is 1. The van der Waals surface area contributed by atoms with E-state index in [4.69, 9.17) is 4.52 Å². The number of hydrogen-bond acceptors (Lipinski definition) is 7. The van der Waals surface area contributed by atoms with Gasteiger partial charge in [-0.2, -0.15) is 0 Å². The molecule has 1 amide bonds. The van der Waals surface area contributed by atoms with Crippen LogP contribution in [0, 0.1) is 20.8 Å². The molecule has 4 aromatic rings. The third-order valence-electron chi connectivity index (χ3n) is 4.82. The molecule has 158 valence electrons. The number of rotatable bonds is 7. The molecular weight excluding hydrogens is 394 g/mol. The van der Waals surface area contributed by atoms with Crippen LogP contribution in [0.4, 0.5) is 17.2 Å². The molecule has 0 aliphatic carbocycles. The highest BCUT2D eigenvalue weighted by molar-refractivity contribution is 5.91. The largest absolute Gasteiger partial charge is 0.361 e. The highest BCUT2D eigenvalue weighted by Gasteiger charge is 2.11. The van der Waals surface area contributed by atoms with Crippen LogP contribution in [-0.2, 0) is 11.2 Å². The molecule has 9 nitrogen and oxygen atoms in total. The number of anilines is 3. The first kappa shape index (κ1) is 20.3. The van der Waals surface area contributed by atoms with Gasteiger partial charge in [-0.25, -0.2) is 15.0 Å². The first-order valence-corrected chi connectivity index (χ1v) is 9.90. The first-order chi connectivity index (χ1) is 15.0. The molecule has 0 saturated carbocycles. The van der Waals surface area contributed by atoms with Crippen LogP contribution in [0.5, 0.6) is 0 Å². The summed E-state index contributed by atoms with van der Waals surface area (Å²) in [6.07, 6.45) is 6.18. The third kappa shape index (κ3) is 4.95. The topological polar surface area (TPSA) is 111 Å². The zero-order chi connectivity index (χ0) is 21.8. The number of aryl methyl sites for hydroxylation is 3. The molecule has 0 bridgehead atoms. The Morgan fingerprint density at radius 3 is 2.55 bits per heavy atom. The summed E-state index contributed by atoms with van der Waals surface area (Å²) in [5.74, 6) is 2.76. The monoisotopic (exact) mass is 417 g/mol. The summed E-state index contributed by atoms with van der Waals surface area (Å²) >= 11 is 0. The molecule has 1 aromatic carbocycles. The number of nitrogens with zero attached hydrogens (tertiary/aromatic N) is 5. The Bertz CT molecular complexity index is 1160. The van der Waals surface area contributed by atoms with Gasteiger partial charge in [0.25, 0.3) is 0 Å². The molecule has 0 aliphatic heterocycles. The van der Waals surface area contributed by atoms with Gasteiger partial charge >= 0.3 is 0 Å². The van der Waals surface area contributed by atoms with Gasteiger partial charge in [-0.15, -0.1) is 0 Å². The average molecular weight is 417 g/mol. The van der Waals surface area contributed by atoms with Crippen molar-refractivity contribution in [2.24, 2.45) is 0 Å². The van der Waals surface area contributed by atoms with Crippen molar-refractivity contribution in [2.45, 2.75) is 33.6 Å². The maximum absolute atomic E-state index is 12.3. The van der Waals surface area contributed by atoms with Crippen molar-refractivity contribution in [1.29, 1.82) is 0 Å². The Morgan fingerprint density at radius 2 is 1.87 bits per heavy atom. The van der Waals surface area contributed by atoms with Crippen LogP contribution in [0.3, 0.4) is 0 Å². The molecular formula is C22H23N7O2. The minimum atomic E-state index is -0.0582. The maximum atomic E-state index is 12.3. The van der Waals surface area contributed by atoms with E-state index in [1.807, 2.05) is 61.9 Å². The van der Waals surface area contributed by atoms with Gasteiger partial charge in [0, 0.05) is 41.8 Å². The van der Waals surface area contributed by atoms with Crippen molar-refractivity contribution in [2.75, 3.05) is 10.6 Å². The number of carbonyl (C=O) groups is 1. The van der Waals surface area contributed by atoms with Gasteiger partial charge in [-0.3, -0.25) is 9.36 Å². The molecule has 0 radical (unpaired) electrons. The summed E-state index contributed by atoms with van der Waals surface area (Å²) in [5, 5.41) is 10.1. The Kier molecular flexibility index (Phi) is 5.74. The maximum Gasteiger partial charge on any atom is 0.224 e. The van der Waals surface area contributed by atoms with Crippen molar-refractivity contribution in [3.63, 3.8) is 0 Å². The fourth-order valence-corrected chi connectivity index (χ4v) is 3.25. The molecule has 3 aromatic heterocycles. The van der Waals surface area contributed by atoms with E-state index in [-0.39, 0.29) is 5.91 Å². The van der Waals surface area contributed by atoms with Gasteiger partial charge in [-0.05, 0) is 51.5 Å². The Morgan fingerprint density at radius 1 is 1.10 bits per heavy atom. The van der Waals surface area contributed by atoms with Crippen molar-refractivity contribution < 1.29 is 9.32 Å². The number of hydrogen-bond donors (Lipinski definition) is 2. The Labute approximate surface area is 179 Å². The van der Waals surface area contributed by atoms with E-state index in [1.54, 1.807) is 12.5 Å². The molecule has 0 saturated heterocycles. The minimum absolute atomic E-state index is 0.0582. The van der Waals surface area contributed by atoms with E-state index in [0.717, 1.165) is 34.2 Å². The summed E-state index contributed by atoms with van der Waals surface area (Å²) in [4.78, 5) is 25.2. The molecule has 0 atom stereocenters. The van der Waals surface area contributed by atoms with Gasteiger partial charge in [-0.1, -0.05) is 5.16 Å². The Balaban J connectivity index is 1.37. The van der Waals surface area contributed by atoms with E-state index >= 15 is 0 Å². The summed E-state index contributed by atoms with van der Waals surface area (Å²) in [6, 6.07) is 9.32. The van der Waals surface area contributed by atoms with Crippen LogP contribution in [0.15, 0.2) is 53.6 Å². The molecule has 2 N–H and O–H groups in total. The zero-order valence-corrected chi connectivity index (χ0v) is 17.6. The number of imidazole rings is 1. The van der Waals surface area contributed by atoms with Crippen molar-refractivity contribution in [1.82, 2.24) is 24.7 Å². The van der Waals surface area contributed by atoms with Crippen LogP contribution in [-0.4, -0.2) is 30.6 Å². The van der Waals surface area contributed by atoms with E-state index in [9.17, 15) is 4.79 Å². The zero-order valence-electron chi connectivity index (χ0n) is 17.6. The summed E-state index contributed by atoms with van der Waals surface area (Å²) < 4.78 is 6.96. The van der Waals surface area contributed by atoms with E-state index in [0.29, 0.717) is 24.5 Å². The highest BCUT2D eigenvalue weighted by atomic mass is 16.5. The molecule has 31 heavy (non-hydrogen) atoms. The van der Waals surface area contributed by atoms with Crippen molar-refractivity contribution >= 4 is 23.1 Å². The standard InChI is InChI=1S/C22H23N7O2/c1-14-19(15(2)31-28-14)8-9-22(30)27-18-6-4-17(5-7-18)26-20-12-21(25-16(3)24-20)29-11-10-23-13-29/h4-7,10-13H,8-9H2,1-3H3,(H,27,30)(H,24,25,26). The normalized spacial score (nSPS) is 10.8. The minimum Gasteiger partial charge on any atom is -0.361 e. The number of nitrogens with one attached hydrogen (secondary N) is 2. The molecule has 9 heteroatoms. The van der Waals surface area contributed by atoms with Crippen LogP contribution >= 0.6 is 0 Å². The van der Waals surface area contributed by atoms with Gasteiger partial charge in [0.1, 0.15) is 29.5 Å². The number of amides is 1. The summed E-state index contributed by atoms with van der Waals surface area (Å²) in [6.45, 7) is 5.58. The lowest BCUT2D eigenvalue weighted by molar-refractivity contribution is -0.116. The van der Waals surface area contributed by atoms with Gasteiger partial charge in [0.15, 0.2) is 0 Å². The summed E-state index contributed by atoms with van der Waals surface area (Å²) in [5.41, 5.74) is 3.40. The second-order valence-electron chi connectivity index (χ2n) is 7.18. The fraction of sp³-hybridized carbons (Fsp3) is 0.227. The van der Waals surface area contributed by atoms with Crippen LogP contribution in [0.1, 0.15) is 29.3 Å². The fourth-order valence-electron chi connectivity index (χ4n) is 3.25. The first-order valence-electron chi connectivity index (χ1n) is 9.90. The lowest BCUT2D eigenvalue weighted by Crippen LogP contribution is -2.12. The van der Waals surface area contributed by atoms with Gasteiger partial charge in [0.05, 0.1) is 5.69 Å². The average Bonchev–Trinajstić information content (AvgIpc) is 3.38. The van der Waals surface area contributed by atoms with E-state index in [1.165, 1.54) is 0 Å². The summed E-state index contributed by atoms with van der Waals surface area (Å²) in [7, 11) is 0. The van der Waals surface area contributed by atoms with Crippen LogP contribution < -0.4 is 10.6 Å². The van der Waals surface area contributed by atoms with Gasteiger partial charge < -0.3 is 15.2 Å². The quantitative estimate of drug-likeness (QED) is 0.469. The lowest BCUT2D eigenvalue weighted by atomic mass is 10.1. The number of benzene rings is 1. The van der Waals surface area contributed by atoms with Crippen LogP contribution in [0.25, 0.3) is 5.82 Å². The van der Waals surface area contributed by atoms with E-state index in [2.05, 4.69) is 30.7 Å². The van der Waals surface area contributed by atoms with Crippen molar-refractivity contribution in [3.05, 3.63) is 71.9 Å². The predicted octanol–water partition coefficient (Wildman–Crippen LogP) is 3.89. The van der Waals surface area contributed by atoms with E-state index < -0.39 is 0 Å². The molecule has 3 heterocycles. The molecule has 0 fully saturated rings. The Hall–Kier alpha value is -4.01. The van der Waals surface area contributed by atoms with Crippen molar-refractivity contribution in [3.8, 4) is 5.82 Å². The van der Waals surface area contributed by atoms with Gasteiger partial charge in [0.2, 0.25) is 5.91 Å². The SMILES string of the molecule is Cc1nc(Nc2ccc(NC(=O)CCc3c(C)noc3C)cc2)cc(-n2ccnc2)n1. The smallest absolute Gasteiger partial charge is 0.224 e. The molecule has 0 aliphatic rings. The molecule has 0 spiro atoms. The second-order valence-corrected chi connectivity index (χ2v) is 7.18. The molecule has 4 rings (SSSR count). The van der Waals surface area contributed by atoms with Crippen LogP contribution in [0.2, 0.25) is 0 Å². The highest BCUT2D eigenvalue weighted by Crippen LogP contribution is 2.20.